The predicted molar refractivity (Wildman–Crippen MR) is 90.1 cm³/mol. The van der Waals surface area contributed by atoms with Gasteiger partial charge in [0.05, 0.1) is 5.54 Å². The first-order valence-corrected chi connectivity index (χ1v) is 7.59. The lowest BCUT2D eigenvalue weighted by atomic mass is 9.92. The molecular weight excluding hydrogens is 312 g/mol. The van der Waals surface area contributed by atoms with E-state index in [1.54, 1.807) is 0 Å². The first-order chi connectivity index (χ1) is 9.50. The Labute approximate surface area is 129 Å². The van der Waals surface area contributed by atoms with Crippen LogP contribution in [0.15, 0.2) is 53.0 Å². The minimum Gasteiger partial charge on any atom is -0.378 e. The SMILES string of the molecule is Cc1ccc(NC(C)(CN)Cc2ccc(Br)cc2)cc1. The first-order valence-electron chi connectivity index (χ1n) is 6.80. The van der Waals surface area contributed by atoms with Crippen molar-refractivity contribution < 1.29 is 0 Å². The van der Waals surface area contributed by atoms with Crippen LogP contribution in [0.1, 0.15) is 18.1 Å². The average molecular weight is 333 g/mol. The molecule has 2 aromatic rings. The number of nitrogens with two attached hydrogens (primary N) is 1. The van der Waals surface area contributed by atoms with Gasteiger partial charge < -0.3 is 11.1 Å². The van der Waals surface area contributed by atoms with E-state index < -0.39 is 0 Å². The molecule has 2 nitrogen and oxygen atoms in total. The summed E-state index contributed by atoms with van der Waals surface area (Å²) in [6, 6.07) is 16.8. The number of halogens is 1. The van der Waals surface area contributed by atoms with Gasteiger partial charge in [0.2, 0.25) is 0 Å². The summed E-state index contributed by atoms with van der Waals surface area (Å²) in [6.07, 6.45) is 0.894. The maximum Gasteiger partial charge on any atom is 0.0507 e. The van der Waals surface area contributed by atoms with E-state index in [9.17, 15) is 0 Å². The second kappa shape index (κ2) is 6.42. The van der Waals surface area contributed by atoms with Gasteiger partial charge in [-0.3, -0.25) is 0 Å². The Hall–Kier alpha value is -1.32. The van der Waals surface area contributed by atoms with Gasteiger partial charge in [-0.2, -0.15) is 0 Å². The topological polar surface area (TPSA) is 38.0 Å². The molecule has 20 heavy (non-hydrogen) atoms. The smallest absolute Gasteiger partial charge is 0.0507 e. The number of aryl methyl sites for hydroxylation is 1. The Morgan fingerprint density at radius 3 is 2.20 bits per heavy atom. The van der Waals surface area contributed by atoms with Crippen molar-refractivity contribution in [2.45, 2.75) is 25.8 Å². The number of anilines is 1. The molecule has 0 radical (unpaired) electrons. The number of hydrogen-bond acceptors (Lipinski definition) is 2. The van der Waals surface area contributed by atoms with Gasteiger partial charge in [-0.15, -0.1) is 0 Å². The lowest BCUT2D eigenvalue weighted by Crippen LogP contribution is -2.44. The summed E-state index contributed by atoms with van der Waals surface area (Å²) >= 11 is 3.46. The van der Waals surface area contributed by atoms with Gasteiger partial charge in [-0.1, -0.05) is 45.8 Å². The molecule has 2 rings (SSSR count). The van der Waals surface area contributed by atoms with E-state index >= 15 is 0 Å². The lowest BCUT2D eigenvalue weighted by Gasteiger charge is -2.31. The van der Waals surface area contributed by atoms with E-state index in [-0.39, 0.29) is 5.54 Å². The van der Waals surface area contributed by atoms with Crippen LogP contribution in [0.25, 0.3) is 0 Å². The molecular formula is C17H21BrN2. The fourth-order valence-corrected chi connectivity index (χ4v) is 2.47. The minimum atomic E-state index is -0.150. The number of hydrogen-bond donors (Lipinski definition) is 2. The molecule has 0 amide bonds. The highest BCUT2D eigenvalue weighted by molar-refractivity contribution is 9.10. The maximum absolute atomic E-state index is 5.99. The molecule has 0 saturated heterocycles. The van der Waals surface area contributed by atoms with Crippen LogP contribution in [0.3, 0.4) is 0 Å². The molecule has 1 unspecified atom stereocenters. The van der Waals surface area contributed by atoms with E-state index in [2.05, 4.69) is 83.6 Å². The third kappa shape index (κ3) is 4.09. The zero-order valence-electron chi connectivity index (χ0n) is 12.0. The van der Waals surface area contributed by atoms with Crippen molar-refractivity contribution in [1.29, 1.82) is 0 Å². The van der Waals surface area contributed by atoms with Crippen molar-refractivity contribution in [1.82, 2.24) is 0 Å². The number of benzene rings is 2. The van der Waals surface area contributed by atoms with E-state index in [4.69, 9.17) is 5.73 Å². The molecule has 3 N–H and O–H groups in total. The Morgan fingerprint density at radius 1 is 1.05 bits per heavy atom. The van der Waals surface area contributed by atoms with E-state index in [0.717, 1.165) is 16.6 Å². The van der Waals surface area contributed by atoms with Crippen LogP contribution in [0.2, 0.25) is 0 Å². The van der Waals surface area contributed by atoms with Crippen molar-refractivity contribution in [3.63, 3.8) is 0 Å². The van der Waals surface area contributed by atoms with Crippen LogP contribution in [-0.2, 0) is 6.42 Å². The molecule has 0 heterocycles. The van der Waals surface area contributed by atoms with Gasteiger partial charge >= 0.3 is 0 Å². The molecule has 3 heteroatoms. The molecule has 0 bridgehead atoms. The fraction of sp³-hybridized carbons (Fsp3) is 0.294. The zero-order valence-corrected chi connectivity index (χ0v) is 13.6. The minimum absolute atomic E-state index is 0.150. The Morgan fingerprint density at radius 2 is 1.65 bits per heavy atom. The Balaban J connectivity index is 2.12. The molecule has 1 atom stereocenters. The predicted octanol–water partition coefficient (Wildman–Crippen LogP) is 4.13. The molecule has 0 fully saturated rings. The van der Waals surface area contributed by atoms with Gasteiger partial charge in [0.1, 0.15) is 0 Å². The van der Waals surface area contributed by atoms with Crippen LogP contribution in [0, 0.1) is 6.92 Å². The van der Waals surface area contributed by atoms with Crippen molar-refractivity contribution >= 4 is 21.6 Å². The van der Waals surface area contributed by atoms with Crippen molar-refractivity contribution in [2.75, 3.05) is 11.9 Å². The highest BCUT2D eigenvalue weighted by Gasteiger charge is 2.22. The van der Waals surface area contributed by atoms with Gasteiger partial charge in [0.15, 0.2) is 0 Å². The fourth-order valence-electron chi connectivity index (χ4n) is 2.21. The van der Waals surface area contributed by atoms with Crippen molar-refractivity contribution in [2.24, 2.45) is 5.73 Å². The standard InChI is InChI=1S/C17H21BrN2/c1-13-3-9-16(10-4-13)20-17(2,12-19)11-14-5-7-15(18)8-6-14/h3-10,20H,11-12,19H2,1-2H3. The number of rotatable bonds is 5. The quantitative estimate of drug-likeness (QED) is 0.863. The normalized spacial score (nSPS) is 13.8. The molecule has 0 aliphatic rings. The van der Waals surface area contributed by atoms with Gasteiger partial charge in [-0.05, 0) is 50.1 Å². The third-order valence-electron chi connectivity index (χ3n) is 3.46. The highest BCUT2D eigenvalue weighted by Crippen LogP contribution is 2.21. The Bertz CT molecular complexity index is 499. The lowest BCUT2D eigenvalue weighted by molar-refractivity contribution is 0.521. The van der Waals surface area contributed by atoms with Crippen LogP contribution in [-0.4, -0.2) is 12.1 Å². The van der Waals surface area contributed by atoms with E-state index in [1.165, 1.54) is 11.1 Å². The monoisotopic (exact) mass is 332 g/mol. The van der Waals surface area contributed by atoms with Gasteiger partial charge in [0, 0.05) is 16.7 Å². The van der Waals surface area contributed by atoms with Gasteiger partial charge in [0.25, 0.3) is 0 Å². The highest BCUT2D eigenvalue weighted by atomic mass is 79.9. The Kier molecular flexibility index (Phi) is 4.84. The van der Waals surface area contributed by atoms with E-state index in [1.807, 2.05) is 0 Å². The molecule has 0 aromatic heterocycles. The average Bonchev–Trinajstić information content (AvgIpc) is 2.44. The molecule has 0 spiro atoms. The zero-order chi connectivity index (χ0) is 14.6. The molecule has 0 aliphatic heterocycles. The van der Waals surface area contributed by atoms with Crippen LogP contribution >= 0.6 is 15.9 Å². The molecule has 2 aromatic carbocycles. The second-order valence-electron chi connectivity index (χ2n) is 5.56. The van der Waals surface area contributed by atoms with Crippen molar-refractivity contribution in [3.8, 4) is 0 Å². The molecule has 0 saturated carbocycles. The summed E-state index contributed by atoms with van der Waals surface area (Å²) in [5.41, 5.74) is 9.49. The summed E-state index contributed by atoms with van der Waals surface area (Å²) < 4.78 is 1.10. The van der Waals surface area contributed by atoms with Crippen LogP contribution < -0.4 is 11.1 Å². The summed E-state index contributed by atoms with van der Waals surface area (Å²) in [7, 11) is 0. The molecule has 0 aliphatic carbocycles. The summed E-state index contributed by atoms with van der Waals surface area (Å²) in [6.45, 7) is 4.83. The van der Waals surface area contributed by atoms with Crippen molar-refractivity contribution in [3.05, 3.63) is 64.1 Å². The van der Waals surface area contributed by atoms with Gasteiger partial charge in [-0.25, -0.2) is 0 Å². The summed E-state index contributed by atoms with van der Waals surface area (Å²) in [5, 5.41) is 3.56. The summed E-state index contributed by atoms with van der Waals surface area (Å²) in [4.78, 5) is 0. The van der Waals surface area contributed by atoms with Crippen LogP contribution in [0.4, 0.5) is 5.69 Å². The number of nitrogens with one attached hydrogen (secondary N) is 1. The first kappa shape index (κ1) is 15.1. The summed E-state index contributed by atoms with van der Waals surface area (Å²) in [5.74, 6) is 0. The molecule has 106 valence electrons. The van der Waals surface area contributed by atoms with Crippen LogP contribution in [0.5, 0.6) is 0 Å². The van der Waals surface area contributed by atoms with E-state index in [0.29, 0.717) is 6.54 Å². The second-order valence-corrected chi connectivity index (χ2v) is 6.47. The maximum atomic E-state index is 5.99. The third-order valence-corrected chi connectivity index (χ3v) is 3.98. The largest absolute Gasteiger partial charge is 0.378 e.